The molecule has 0 aliphatic rings. The van der Waals surface area contributed by atoms with Crippen LogP contribution in [-0.2, 0) is 0 Å². The standard InChI is InChI=1S/C15H12BrFN2/c1-10(12-5-2-4-11(8-12)9-18)19-15-13(16)6-3-7-14(15)17/h2-8,10,19H,1H3. The molecule has 0 bridgehead atoms. The van der Waals surface area contributed by atoms with Gasteiger partial charge < -0.3 is 5.32 Å². The van der Waals surface area contributed by atoms with Gasteiger partial charge in [-0.05, 0) is 52.7 Å². The number of halogens is 2. The van der Waals surface area contributed by atoms with Gasteiger partial charge in [0.2, 0.25) is 0 Å². The Morgan fingerprint density at radius 3 is 2.68 bits per heavy atom. The summed E-state index contributed by atoms with van der Waals surface area (Å²) in [6.07, 6.45) is 0. The zero-order valence-corrected chi connectivity index (χ0v) is 11.9. The summed E-state index contributed by atoms with van der Waals surface area (Å²) in [6.45, 7) is 1.93. The molecule has 0 spiro atoms. The van der Waals surface area contributed by atoms with Gasteiger partial charge in [-0.2, -0.15) is 5.26 Å². The van der Waals surface area contributed by atoms with Crippen LogP contribution in [0.15, 0.2) is 46.9 Å². The second-order valence-corrected chi connectivity index (χ2v) is 5.05. The Bertz CT molecular complexity index is 614. The highest BCUT2D eigenvalue weighted by atomic mass is 79.9. The minimum absolute atomic E-state index is 0.0958. The molecule has 1 atom stereocenters. The summed E-state index contributed by atoms with van der Waals surface area (Å²) in [5.41, 5.74) is 1.96. The second-order valence-electron chi connectivity index (χ2n) is 4.20. The molecule has 19 heavy (non-hydrogen) atoms. The molecule has 0 aromatic heterocycles. The van der Waals surface area contributed by atoms with Gasteiger partial charge in [0, 0.05) is 10.5 Å². The van der Waals surface area contributed by atoms with Gasteiger partial charge in [0.05, 0.1) is 17.3 Å². The number of benzene rings is 2. The van der Waals surface area contributed by atoms with Crippen molar-refractivity contribution in [2.75, 3.05) is 5.32 Å². The monoisotopic (exact) mass is 318 g/mol. The number of nitrogens with zero attached hydrogens (tertiary/aromatic N) is 1. The first kappa shape index (κ1) is 13.6. The molecular formula is C15H12BrFN2. The molecule has 0 radical (unpaired) electrons. The van der Waals surface area contributed by atoms with E-state index in [9.17, 15) is 4.39 Å². The van der Waals surface area contributed by atoms with Crippen molar-refractivity contribution in [1.29, 1.82) is 5.26 Å². The maximum absolute atomic E-state index is 13.7. The van der Waals surface area contributed by atoms with Crippen molar-refractivity contribution in [3.63, 3.8) is 0 Å². The van der Waals surface area contributed by atoms with Crippen LogP contribution < -0.4 is 5.32 Å². The van der Waals surface area contributed by atoms with Gasteiger partial charge in [0.1, 0.15) is 5.82 Å². The molecule has 1 N–H and O–H groups in total. The van der Waals surface area contributed by atoms with Crippen molar-refractivity contribution in [3.05, 3.63) is 63.9 Å². The predicted molar refractivity (Wildman–Crippen MR) is 77.3 cm³/mol. The zero-order valence-electron chi connectivity index (χ0n) is 10.3. The Balaban J connectivity index is 2.26. The molecular weight excluding hydrogens is 307 g/mol. The Hall–Kier alpha value is -1.86. The molecule has 0 saturated heterocycles. The van der Waals surface area contributed by atoms with Crippen LogP contribution in [0.25, 0.3) is 0 Å². The van der Waals surface area contributed by atoms with E-state index in [-0.39, 0.29) is 11.9 Å². The fourth-order valence-corrected chi connectivity index (χ4v) is 2.27. The van der Waals surface area contributed by atoms with Crippen LogP contribution in [0.1, 0.15) is 24.1 Å². The van der Waals surface area contributed by atoms with Crippen molar-refractivity contribution in [1.82, 2.24) is 0 Å². The molecule has 0 aliphatic heterocycles. The summed E-state index contributed by atoms with van der Waals surface area (Å²) >= 11 is 3.32. The quantitative estimate of drug-likeness (QED) is 0.895. The molecule has 2 aromatic rings. The summed E-state index contributed by atoms with van der Waals surface area (Å²) in [5.74, 6) is -0.308. The van der Waals surface area contributed by atoms with Crippen LogP contribution in [-0.4, -0.2) is 0 Å². The smallest absolute Gasteiger partial charge is 0.147 e. The van der Waals surface area contributed by atoms with Gasteiger partial charge >= 0.3 is 0 Å². The minimum Gasteiger partial charge on any atom is -0.375 e. The lowest BCUT2D eigenvalue weighted by Gasteiger charge is -2.17. The van der Waals surface area contributed by atoms with E-state index in [2.05, 4.69) is 27.3 Å². The Labute approximate surface area is 120 Å². The van der Waals surface area contributed by atoms with Gasteiger partial charge in [-0.1, -0.05) is 18.2 Å². The topological polar surface area (TPSA) is 35.8 Å². The van der Waals surface area contributed by atoms with Gasteiger partial charge in [0.25, 0.3) is 0 Å². The summed E-state index contributed by atoms with van der Waals surface area (Å²) in [4.78, 5) is 0. The molecule has 2 aromatic carbocycles. The largest absolute Gasteiger partial charge is 0.375 e. The Kier molecular flexibility index (Phi) is 4.18. The highest BCUT2D eigenvalue weighted by molar-refractivity contribution is 9.10. The molecule has 0 heterocycles. The van der Waals surface area contributed by atoms with Crippen molar-refractivity contribution in [2.24, 2.45) is 0 Å². The number of hydrogen-bond acceptors (Lipinski definition) is 2. The molecule has 2 rings (SSSR count). The zero-order chi connectivity index (χ0) is 13.8. The third-order valence-electron chi connectivity index (χ3n) is 2.84. The summed E-state index contributed by atoms with van der Waals surface area (Å²) in [7, 11) is 0. The lowest BCUT2D eigenvalue weighted by Crippen LogP contribution is -2.08. The summed E-state index contributed by atoms with van der Waals surface area (Å²) < 4.78 is 14.4. The first-order valence-electron chi connectivity index (χ1n) is 5.82. The maximum Gasteiger partial charge on any atom is 0.147 e. The van der Waals surface area contributed by atoms with E-state index in [1.807, 2.05) is 19.1 Å². The van der Waals surface area contributed by atoms with Crippen LogP contribution in [0.5, 0.6) is 0 Å². The summed E-state index contributed by atoms with van der Waals surface area (Å²) in [6, 6.07) is 14.1. The number of nitrogens with one attached hydrogen (secondary N) is 1. The van der Waals surface area contributed by atoms with E-state index in [0.29, 0.717) is 15.7 Å². The second kappa shape index (κ2) is 5.85. The van der Waals surface area contributed by atoms with Crippen LogP contribution >= 0.6 is 15.9 Å². The fraction of sp³-hybridized carbons (Fsp3) is 0.133. The maximum atomic E-state index is 13.7. The molecule has 0 saturated carbocycles. The number of para-hydroxylation sites is 1. The third-order valence-corrected chi connectivity index (χ3v) is 3.50. The van der Waals surface area contributed by atoms with E-state index in [1.165, 1.54) is 6.07 Å². The lowest BCUT2D eigenvalue weighted by molar-refractivity contribution is 0.626. The molecule has 2 nitrogen and oxygen atoms in total. The van der Waals surface area contributed by atoms with Gasteiger partial charge in [-0.15, -0.1) is 0 Å². The number of hydrogen-bond donors (Lipinski definition) is 1. The van der Waals surface area contributed by atoms with E-state index >= 15 is 0 Å². The van der Waals surface area contributed by atoms with Crippen molar-refractivity contribution >= 4 is 21.6 Å². The van der Waals surface area contributed by atoms with E-state index < -0.39 is 0 Å². The predicted octanol–water partition coefficient (Wildman–Crippen LogP) is 4.63. The van der Waals surface area contributed by atoms with Crippen molar-refractivity contribution in [3.8, 4) is 6.07 Å². The SMILES string of the molecule is CC(Nc1c(F)cccc1Br)c1cccc(C#N)c1. The van der Waals surface area contributed by atoms with Gasteiger partial charge in [-0.25, -0.2) is 4.39 Å². The Morgan fingerprint density at radius 2 is 2.00 bits per heavy atom. The average Bonchev–Trinajstić information content (AvgIpc) is 2.43. The van der Waals surface area contributed by atoms with Crippen LogP contribution in [0.3, 0.4) is 0 Å². The van der Waals surface area contributed by atoms with E-state index in [0.717, 1.165) is 5.56 Å². The molecule has 0 fully saturated rings. The first-order valence-corrected chi connectivity index (χ1v) is 6.61. The van der Waals surface area contributed by atoms with Gasteiger partial charge in [0.15, 0.2) is 0 Å². The first-order chi connectivity index (χ1) is 9.11. The molecule has 96 valence electrons. The molecule has 4 heteroatoms. The van der Waals surface area contributed by atoms with Crippen molar-refractivity contribution in [2.45, 2.75) is 13.0 Å². The molecule has 1 unspecified atom stereocenters. The number of nitriles is 1. The molecule has 0 amide bonds. The third kappa shape index (κ3) is 3.12. The highest BCUT2D eigenvalue weighted by Crippen LogP contribution is 2.29. The normalized spacial score (nSPS) is 11.7. The Morgan fingerprint density at radius 1 is 1.26 bits per heavy atom. The summed E-state index contributed by atoms with van der Waals surface area (Å²) in [5, 5.41) is 12.0. The van der Waals surface area contributed by atoms with Crippen LogP contribution in [0.2, 0.25) is 0 Å². The highest BCUT2D eigenvalue weighted by Gasteiger charge is 2.11. The lowest BCUT2D eigenvalue weighted by atomic mass is 10.1. The van der Waals surface area contributed by atoms with Crippen LogP contribution in [0.4, 0.5) is 10.1 Å². The van der Waals surface area contributed by atoms with Crippen molar-refractivity contribution < 1.29 is 4.39 Å². The number of rotatable bonds is 3. The van der Waals surface area contributed by atoms with E-state index in [4.69, 9.17) is 5.26 Å². The molecule has 0 aliphatic carbocycles. The number of anilines is 1. The minimum atomic E-state index is -0.308. The average molecular weight is 319 g/mol. The van der Waals surface area contributed by atoms with Crippen LogP contribution in [0, 0.1) is 17.1 Å². The van der Waals surface area contributed by atoms with E-state index in [1.54, 1.807) is 24.3 Å². The fourth-order valence-electron chi connectivity index (χ4n) is 1.81. The van der Waals surface area contributed by atoms with Gasteiger partial charge in [-0.3, -0.25) is 0 Å².